The molecule has 18 heavy (non-hydrogen) atoms. The van der Waals surface area contributed by atoms with Crippen LogP contribution in [0.4, 0.5) is 5.82 Å². The fourth-order valence-electron chi connectivity index (χ4n) is 3.06. The lowest BCUT2D eigenvalue weighted by atomic mass is 9.89. The number of hydrogen-bond donors (Lipinski definition) is 2. The molecule has 1 saturated carbocycles. The van der Waals surface area contributed by atoms with E-state index in [-0.39, 0.29) is 0 Å². The largest absolute Gasteiger partial charge is 0.383 e. The molecule has 1 heterocycles. The van der Waals surface area contributed by atoms with Crippen molar-refractivity contribution in [3.05, 3.63) is 23.9 Å². The normalized spacial score (nSPS) is 27.6. The molecule has 0 saturated heterocycles. The van der Waals surface area contributed by atoms with Crippen LogP contribution < -0.4 is 11.1 Å². The molecule has 3 atom stereocenters. The van der Waals surface area contributed by atoms with Crippen molar-refractivity contribution in [1.29, 1.82) is 0 Å². The van der Waals surface area contributed by atoms with Crippen molar-refractivity contribution in [3.8, 4) is 0 Å². The molecule has 3 N–H and O–H groups in total. The molecule has 1 aliphatic carbocycles. The van der Waals surface area contributed by atoms with E-state index in [1.54, 1.807) is 6.20 Å². The van der Waals surface area contributed by atoms with E-state index in [1.807, 2.05) is 6.07 Å². The third-order valence-corrected chi connectivity index (χ3v) is 4.29. The minimum atomic E-state index is 0.688. The molecule has 0 aliphatic heterocycles. The van der Waals surface area contributed by atoms with Crippen LogP contribution in [0, 0.1) is 11.8 Å². The van der Waals surface area contributed by atoms with E-state index in [0.29, 0.717) is 11.9 Å². The van der Waals surface area contributed by atoms with E-state index in [9.17, 15) is 0 Å². The van der Waals surface area contributed by atoms with E-state index in [1.165, 1.54) is 24.8 Å². The van der Waals surface area contributed by atoms with Gasteiger partial charge in [0, 0.05) is 12.2 Å². The van der Waals surface area contributed by atoms with E-state index < -0.39 is 0 Å². The SMILES string of the molecule is CCCNC1CCC(Cc2cccnc2N)C1C. The minimum Gasteiger partial charge on any atom is -0.383 e. The molecule has 3 nitrogen and oxygen atoms in total. The molecular formula is C15H25N3. The highest BCUT2D eigenvalue weighted by molar-refractivity contribution is 5.38. The maximum atomic E-state index is 5.93. The Morgan fingerprint density at radius 1 is 1.44 bits per heavy atom. The third kappa shape index (κ3) is 3.02. The fourth-order valence-corrected chi connectivity index (χ4v) is 3.06. The zero-order valence-corrected chi connectivity index (χ0v) is 11.5. The Labute approximate surface area is 110 Å². The second-order valence-corrected chi connectivity index (χ2v) is 5.51. The summed E-state index contributed by atoms with van der Waals surface area (Å²) in [4.78, 5) is 4.18. The summed E-state index contributed by atoms with van der Waals surface area (Å²) in [6.07, 6.45) is 6.65. The highest BCUT2D eigenvalue weighted by atomic mass is 14.9. The van der Waals surface area contributed by atoms with Crippen LogP contribution in [0.5, 0.6) is 0 Å². The summed E-state index contributed by atoms with van der Waals surface area (Å²) >= 11 is 0. The monoisotopic (exact) mass is 247 g/mol. The molecule has 1 aromatic heterocycles. The first-order chi connectivity index (χ1) is 8.72. The summed E-state index contributed by atoms with van der Waals surface area (Å²) in [5, 5.41) is 3.66. The molecule has 1 aliphatic rings. The van der Waals surface area contributed by atoms with E-state index >= 15 is 0 Å². The second kappa shape index (κ2) is 6.19. The number of pyridine rings is 1. The van der Waals surface area contributed by atoms with Crippen LogP contribution in [0.3, 0.4) is 0 Å². The number of nitrogens with two attached hydrogens (primary N) is 1. The molecule has 0 bridgehead atoms. The number of aromatic nitrogens is 1. The second-order valence-electron chi connectivity index (χ2n) is 5.51. The Bertz CT molecular complexity index is 378. The highest BCUT2D eigenvalue weighted by Crippen LogP contribution is 2.34. The summed E-state index contributed by atoms with van der Waals surface area (Å²) in [5.41, 5.74) is 7.15. The van der Waals surface area contributed by atoms with Crippen LogP contribution in [-0.4, -0.2) is 17.6 Å². The van der Waals surface area contributed by atoms with Gasteiger partial charge in [-0.05, 0) is 55.7 Å². The van der Waals surface area contributed by atoms with Crippen LogP contribution in [0.2, 0.25) is 0 Å². The van der Waals surface area contributed by atoms with Crippen molar-refractivity contribution in [2.45, 2.75) is 45.6 Å². The quantitative estimate of drug-likeness (QED) is 0.841. The van der Waals surface area contributed by atoms with Gasteiger partial charge in [0.05, 0.1) is 0 Å². The first-order valence-corrected chi connectivity index (χ1v) is 7.15. The van der Waals surface area contributed by atoms with E-state index in [2.05, 4.69) is 30.2 Å². The van der Waals surface area contributed by atoms with Crippen LogP contribution in [-0.2, 0) is 6.42 Å². The van der Waals surface area contributed by atoms with Gasteiger partial charge in [0.15, 0.2) is 0 Å². The summed E-state index contributed by atoms with van der Waals surface area (Å²) in [6.45, 7) is 5.73. The van der Waals surface area contributed by atoms with Gasteiger partial charge in [0.1, 0.15) is 5.82 Å². The number of hydrogen-bond acceptors (Lipinski definition) is 3. The van der Waals surface area contributed by atoms with Gasteiger partial charge in [-0.25, -0.2) is 4.98 Å². The number of nitrogens with one attached hydrogen (secondary N) is 1. The summed E-state index contributed by atoms with van der Waals surface area (Å²) in [7, 11) is 0. The predicted octanol–water partition coefficient (Wildman–Crippen LogP) is 2.62. The van der Waals surface area contributed by atoms with Crippen molar-refractivity contribution in [2.24, 2.45) is 11.8 Å². The molecule has 100 valence electrons. The Morgan fingerprint density at radius 2 is 2.28 bits per heavy atom. The van der Waals surface area contributed by atoms with E-state index in [0.717, 1.165) is 24.8 Å². The first-order valence-electron chi connectivity index (χ1n) is 7.15. The number of nitrogen functional groups attached to an aromatic ring is 1. The third-order valence-electron chi connectivity index (χ3n) is 4.29. The summed E-state index contributed by atoms with van der Waals surface area (Å²) < 4.78 is 0. The van der Waals surface area contributed by atoms with Crippen molar-refractivity contribution >= 4 is 5.82 Å². The van der Waals surface area contributed by atoms with Crippen molar-refractivity contribution in [2.75, 3.05) is 12.3 Å². The zero-order chi connectivity index (χ0) is 13.0. The molecule has 0 amide bonds. The topological polar surface area (TPSA) is 50.9 Å². The van der Waals surface area contributed by atoms with Gasteiger partial charge < -0.3 is 11.1 Å². The fraction of sp³-hybridized carbons (Fsp3) is 0.667. The van der Waals surface area contributed by atoms with Gasteiger partial charge >= 0.3 is 0 Å². The Kier molecular flexibility index (Phi) is 4.59. The van der Waals surface area contributed by atoms with Gasteiger partial charge in [-0.2, -0.15) is 0 Å². The minimum absolute atomic E-state index is 0.688. The van der Waals surface area contributed by atoms with E-state index in [4.69, 9.17) is 5.73 Å². The lowest BCUT2D eigenvalue weighted by Crippen LogP contribution is -2.33. The smallest absolute Gasteiger partial charge is 0.126 e. The van der Waals surface area contributed by atoms with Gasteiger partial charge in [0.2, 0.25) is 0 Å². The maximum Gasteiger partial charge on any atom is 0.126 e. The van der Waals surface area contributed by atoms with Gasteiger partial charge in [-0.3, -0.25) is 0 Å². The average Bonchev–Trinajstić information content (AvgIpc) is 2.71. The Balaban J connectivity index is 1.93. The van der Waals surface area contributed by atoms with Gasteiger partial charge in [0.25, 0.3) is 0 Å². The molecule has 0 spiro atoms. The Morgan fingerprint density at radius 3 is 3.00 bits per heavy atom. The molecule has 3 heteroatoms. The van der Waals surface area contributed by atoms with Crippen LogP contribution in [0.1, 0.15) is 38.7 Å². The standard InChI is InChI=1S/C15H25N3/c1-3-8-17-14-7-6-12(11(14)2)10-13-5-4-9-18-15(13)16/h4-5,9,11-12,14,17H,3,6-8,10H2,1-2H3,(H2,16,18). The number of rotatable bonds is 5. The summed E-state index contributed by atoms with van der Waals surface area (Å²) in [6, 6.07) is 4.79. The van der Waals surface area contributed by atoms with Crippen molar-refractivity contribution < 1.29 is 0 Å². The van der Waals surface area contributed by atoms with Crippen molar-refractivity contribution in [3.63, 3.8) is 0 Å². The number of anilines is 1. The lowest BCUT2D eigenvalue weighted by molar-refractivity contribution is 0.351. The average molecular weight is 247 g/mol. The van der Waals surface area contributed by atoms with Gasteiger partial charge in [-0.15, -0.1) is 0 Å². The molecular weight excluding hydrogens is 222 g/mol. The Hall–Kier alpha value is -1.09. The highest BCUT2D eigenvalue weighted by Gasteiger charge is 2.32. The van der Waals surface area contributed by atoms with Gasteiger partial charge in [-0.1, -0.05) is 19.9 Å². The molecule has 1 aromatic rings. The maximum absolute atomic E-state index is 5.93. The molecule has 0 radical (unpaired) electrons. The van der Waals surface area contributed by atoms with Crippen molar-refractivity contribution in [1.82, 2.24) is 10.3 Å². The summed E-state index contributed by atoms with van der Waals surface area (Å²) in [5.74, 6) is 2.18. The van der Waals surface area contributed by atoms with Crippen LogP contribution in [0.25, 0.3) is 0 Å². The molecule has 0 aromatic carbocycles. The predicted molar refractivity (Wildman–Crippen MR) is 76.3 cm³/mol. The molecule has 2 rings (SSSR count). The van der Waals surface area contributed by atoms with Crippen LogP contribution >= 0.6 is 0 Å². The van der Waals surface area contributed by atoms with Crippen LogP contribution in [0.15, 0.2) is 18.3 Å². The molecule has 1 fully saturated rings. The number of nitrogens with zero attached hydrogens (tertiary/aromatic N) is 1. The lowest BCUT2D eigenvalue weighted by Gasteiger charge is -2.22. The first kappa shape index (κ1) is 13.3. The zero-order valence-electron chi connectivity index (χ0n) is 11.5. The molecule has 3 unspecified atom stereocenters.